The number of hydrogen-bond acceptors (Lipinski definition) is 5. The van der Waals surface area contributed by atoms with E-state index in [1.54, 1.807) is 4.90 Å². The summed E-state index contributed by atoms with van der Waals surface area (Å²) in [6, 6.07) is 16.5. The van der Waals surface area contributed by atoms with E-state index in [0.29, 0.717) is 25.0 Å². The van der Waals surface area contributed by atoms with Gasteiger partial charge in [-0.25, -0.2) is 4.98 Å². The second-order valence-corrected chi connectivity index (χ2v) is 12.8. The standard InChI is InChI=1S/C37H42N4O4/c1-4-6-15-30-36(44)41-23-27(20-32(41)35(43)40-37(3)22-26(37)5-2)45-33-21-31(25-13-8-7-9-14-25)38-29-18-17-24(19-28(29)33)12-10-11-16-34(42)39-30/h5,7-10,12-14,17-19,21,26-27,30,32H,2,4,6,11,15-16,20,22-23H2,1,3H3,(H,39,42)(H,40,43)/b12-10+/t26-,27-,30+,32+,37-/m1/s1. The molecule has 3 aromatic rings. The molecular weight excluding hydrogens is 564 g/mol. The summed E-state index contributed by atoms with van der Waals surface area (Å²) in [5, 5.41) is 7.04. The van der Waals surface area contributed by atoms with Crippen LogP contribution in [0.4, 0.5) is 0 Å². The zero-order valence-corrected chi connectivity index (χ0v) is 26.1. The number of unbranched alkanes of at least 4 members (excludes halogenated alkanes) is 1. The van der Waals surface area contributed by atoms with Gasteiger partial charge in [0.25, 0.3) is 0 Å². The Balaban J connectivity index is 1.39. The van der Waals surface area contributed by atoms with Crippen molar-refractivity contribution in [3.8, 4) is 17.0 Å². The lowest BCUT2D eigenvalue weighted by Gasteiger charge is -2.29. The van der Waals surface area contributed by atoms with Crippen molar-refractivity contribution in [2.75, 3.05) is 6.54 Å². The van der Waals surface area contributed by atoms with Crippen LogP contribution in [0.25, 0.3) is 28.2 Å². The van der Waals surface area contributed by atoms with Gasteiger partial charge in [-0.3, -0.25) is 14.4 Å². The molecule has 2 aromatic carbocycles. The van der Waals surface area contributed by atoms with Crippen molar-refractivity contribution in [3.63, 3.8) is 0 Å². The third-order valence-corrected chi connectivity index (χ3v) is 9.33. The molecule has 0 radical (unpaired) electrons. The number of fused-ring (bicyclic) bond motifs is 3. The van der Waals surface area contributed by atoms with Crippen LogP contribution in [0.3, 0.4) is 0 Å². The Morgan fingerprint density at radius 2 is 2.02 bits per heavy atom. The highest BCUT2D eigenvalue weighted by atomic mass is 16.5. The molecule has 0 unspecified atom stereocenters. The molecule has 234 valence electrons. The van der Waals surface area contributed by atoms with E-state index in [4.69, 9.17) is 9.72 Å². The van der Waals surface area contributed by atoms with Crippen LogP contribution in [0.15, 0.2) is 73.3 Å². The third-order valence-electron chi connectivity index (χ3n) is 9.33. The molecule has 8 heteroatoms. The van der Waals surface area contributed by atoms with Gasteiger partial charge >= 0.3 is 0 Å². The van der Waals surface area contributed by atoms with Crippen LogP contribution in [0, 0.1) is 5.92 Å². The van der Waals surface area contributed by atoms with E-state index in [1.165, 1.54) is 0 Å². The summed E-state index contributed by atoms with van der Waals surface area (Å²) in [4.78, 5) is 47.6. The maximum absolute atomic E-state index is 14.2. The van der Waals surface area contributed by atoms with E-state index in [9.17, 15) is 14.4 Å². The smallest absolute Gasteiger partial charge is 0.245 e. The minimum atomic E-state index is -0.721. The second-order valence-electron chi connectivity index (χ2n) is 12.8. The largest absolute Gasteiger partial charge is 0.488 e. The Bertz CT molecular complexity index is 1640. The Labute approximate surface area is 264 Å². The van der Waals surface area contributed by atoms with Gasteiger partial charge in [-0.1, -0.05) is 74.4 Å². The summed E-state index contributed by atoms with van der Waals surface area (Å²) < 4.78 is 6.75. The molecule has 45 heavy (non-hydrogen) atoms. The van der Waals surface area contributed by atoms with Crippen molar-refractivity contribution in [1.82, 2.24) is 20.5 Å². The fourth-order valence-electron chi connectivity index (χ4n) is 6.54. The van der Waals surface area contributed by atoms with Crippen LogP contribution in [0.2, 0.25) is 0 Å². The molecule has 2 fully saturated rings. The molecule has 6 rings (SSSR count). The summed E-state index contributed by atoms with van der Waals surface area (Å²) in [5.41, 5.74) is 3.16. The van der Waals surface area contributed by atoms with Gasteiger partial charge < -0.3 is 20.3 Å². The summed E-state index contributed by atoms with van der Waals surface area (Å²) in [6.45, 7) is 8.21. The van der Waals surface area contributed by atoms with Crippen molar-refractivity contribution in [2.24, 2.45) is 5.92 Å². The number of carbonyl (C=O) groups excluding carboxylic acids is 3. The normalized spacial score (nSPS) is 27.1. The number of rotatable bonds is 7. The molecule has 1 saturated heterocycles. The number of carbonyl (C=O) groups is 3. The molecule has 3 amide bonds. The lowest BCUT2D eigenvalue weighted by Crippen LogP contribution is -2.54. The fraction of sp³-hybridized carbons (Fsp3) is 0.405. The van der Waals surface area contributed by atoms with Crippen LogP contribution in [0.5, 0.6) is 5.75 Å². The van der Waals surface area contributed by atoms with E-state index in [-0.39, 0.29) is 42.1 Å². The maximum Gasteiger partial charge on any atom is 0.245 e. The first-order chi connectivity index (χ1) is 21.8. The average Bonchev–Trinajstić information content (AvgIpc) is 3.50. The molecule has 1 saturated carbocycles. The molecule has 0 spiro atoms. The Morgan fingerprint density at radius 3 is 2.78 bits per heavy atom. The highest BCUT2D eigenvalue weighted by Crippen LogP contribution is 2.44. The molecule has 1 aliphatic carbocycles. The number of nitrogens with zero attached hydrogens (tertiary/aromatic N) is 2. The number of pyridine rings is 1. The molecule has 2 N–H and O–H groups in total. The first kappa shape index (κ1) is 30.6. The van der Waals surface area contributed by atoms with E-state index in [1.807, 2.05) is 79.7 Å². The number of ether oxygens (including phenoxy) is 1. The molecule has 1 aromatic heterocycles. The van der Waals surface area contributed by atoms with Gasteiger partial charge in [0, 0.05) is 41.3 Å². The molecule has 8 nitrogen and oxygen atoms in total. The molecule has 3 heterocycles. The predicted molar refractivity (Wildman–Crippen MR) is 176 cm³/mol. The Kier molecular flexibility index (Phi) is 8.74. The summed E-state index contributed by atoms with van der Waals surface area (Å²) >= 11 is 0. The molecule has 5 atom stereocenters. The van der Waals surface area contributed by atoms with Crippen molar-refractivity contribution in [2.45, 2.75) is 82.5 Å². The van der Waals surface area contributed by atoms with E-state index < -0.39 is 18.2 Å². The van der Waals surface area contributed by atoms with Gasteiger partial charge in [0.1, 0.15) is 23.9 Å². The van der Waals surface area contributed by atoms with Crippen LogP contribution >= 0.6 is 0 Å². The number of benzene rings is 2. The van der Waals surface area contributed by atoms with Crippen LogP contribution in [-0.4, -0.2) is 57.9 Å². The van der Waals surface area contributed by atoms with Crippen molar-refractivity contribution >= 4 is 34.7 Å². The Hall–Kier alpha value is -4.46. The van der Waals surface area contributed by atoms with Crippen LogP contribution in [0.1, 0.15) is 64.4 Å². The first-order valence-electron chi connectivity index (χ1n) is 16.2. The Morgan fingerprint density at radius 1 is 1.20 bits per heavy atom. The average molecular weight is 607 g/mol. The minimum Gasteiger partial charge on any atom is -0.488 e. The number of hydrogen-bond donors (Lipinski definition) is 2. The van der Waals surface area contributed by atoms with Crippen molar-refractivity contribution < 1.29 is 19.1 Å². The molecule has 3 aliphatic rings. The minimum absolute atomic E-state index is 0.174. The van der Waals surface area contributed by atoms with Gasteiger partial charge in [-0.15, -0.1) is 6.58 Å². The highest BCUT2D eigenvalue weighted by molar-refractivity contribution is 5.93. The van der Waals surface area contributed by atoms with E-state index in [0.717, 1.165) is 47.0 Å². The van der Waals surface area contributed by atoms with Crippen LogP contribution in [-0.2, 0) is 14.4 Å². The lowest BCUT2D eigenvalue weighted by molar-refractivity contribution is -0.142. The second kappa shape index (κ2) is 12.9. The number of aromatic nitrogens is 1. The van der Waals surface area contributed by atoms with Gasteiger partial charge in [-0.05, 0) is 43.9 Å². The van der Waals surface area contributed by atoms with Gasteiger partial charge in [0.15, 0.2) is 0 Å². The zero-order chi connectivity index (χ0) is 31.6. The quantitative estimate of drug-likeness (QED) is 0.331. The number of nitrogens with one attached hydrogen (secondary N) is 2. The summed E-state index contributed by atoms with van der Waals surface area (Å²) in [5.74, 6) is 0.255. The van der Waals surface area contributed by atoms with Gasteiger partial charge in [0.2, 0.25) is 17.7 Å². The van der Waals surface area contributed by atoms with Gasteiger partial charge in [0.05, 0.1) is 17.8 Å². The number of amides is 3. The van der Waals surface area contributed by atoms with Crippen molar-refractivity contribution in [1.29, 1.82) is 0 Å². The van der Waals surface area contributed by atoms with Crippen molar-refractivity contribution in [3.05, 3.63) is 78.9 Å². The summed E-state index contributed by atoms with van der Waals surface area (Å²) in [6.07, 6.45) is 9.56. The number of allylic oxidation sites excluding steroid dienone is 1. The maximum atomic E-state index is 14.2. The first-order valence-corrected chi connectivity index (χ1v) is 16.2. The van der Waals surface area contributed by atoms with E-state index >= 15 is 0 Å². The predicted octanol–water partition coefficient (Wildman–Crippen LogP) is 5.81. The van der Waals surface area contributed by atoms with E-state index in [2.05, 4.69) is 24.1 Å². The highest BCUT2D eigenvalue weighted by Gasteiger charge is 2.52. The fourth-order valence-corrected chi connectivity index (χ4v) is 6.54. The molecule has 2 aliphatic heterocycles. The monoisotopic (exact) mass is 606 g/mol. The summed E-state index contributed by atoms with van der Waals surface area (Å²) in [7, 11) is 0. The molecule has 4 bridgehead atoms. The lowest BCUT2D eigenvalue weighted by atomic mass is 10.1. The topological polar surface area (TPSA) is 101 Å². The molecular formula is C37H42N4O4. The SMILES string of the molecule is C=C[C@@H]1C[C@@]1(C)NC(=O)[C@@H]1C[C@@H]2CN1C(=O)[C@H](CCCC)NC(=O)CC/C=C/c1ccc3nc(-c4ccccc4)cc(c3c1)O2. The van der Waals surface area contributed by atoms with Crippen LogP contribution < -0.4 is 15.4 Å². The van der Waals surface area contributed by atoms with Gasteiger partial charge in [-0.2, -0.15) is 0 Å². The zero-order valence-electron chi connectivity index (χ0n) is 26.1. The third kappa shape index (κ3) is 6.65.